The first kappa shape index (κ1) is 15.3. The summed E-state index contributed by atoms with van der Waals surface area (Å²) in [5, 5.41) is 3.31. The van der Waals surface area contributed by atoms with Crippen LogP contribution >= 0.6 is 0 Å². The fourth-order valence-electron chi connectivity index (χ4n) is 3.70. The van der Waals surface area contributed by atoms with Crippen LogP contribution in [0.1, 0.15) is 47.7 Å². The highest BCUT2D eigenvalue weighted by Gasteiger charge is 2.33. The summed E-state index contributed by atoms with van der Waals surface area (Å²) in [5.41, 5.74) is 3.04. The van der Waals surface area contributed by atoms with Crippen LogP contribution in [0.5, 0.6) is 0 Å². The van der Waals surface area contributed by atoms with E-state index in [-0.39, 0.29) is 11.9 Å². The zero-order valence-corrected chi connectivity index (χ0v) is 13.8. The van der Waals surface area contributed by atoms with Gasteiger partial charge in [0, 0.05) is 49.6 Å². The SMILES string of the molecule is Cc1nccc(C2CCN(C(=O)C3NCCc4[nH]cnc43)CC2)n1. The highest BCUT2D eigenvalue weighted by atomic mass is 16.2. The van der Waals surface area contributed by atoms with Crippen molar-refractivity contribution in [3.8, 4) is 0 Å². The summed E-state index contributed by atoms with van der Waals surface area (Å²) in [6.07, 6.45) is 6.29. The first-order valence-electron chi connectivity index (χ1n) is 8.56. The number of hydrogen-bond donors (Lipinski definition) is 2. The van der Waals surface area contributed by atoms with E-state index in [1.165, 1.54) is 0 Å². The molecule has 1 atom stereocenters. The molecule has 4 rings (SSSR count). The Hall–Kier alpha value is -2.28. The molecule has 2 N–H and O–H groups in total. The number of carbonyl (C=O) groups is 1. The third-order valence-corrected chi connectivity index (χ3v) is 5.02. The largest absolute Gasteiger partial charge is 0.348 e. The van der Waals surface area contributed by atoms with E-state index < -0.39 is 0 Å². The summed E-state index contributed by atoms with van der Waals surface area (Å²) in [4.78, 5) is 31.0. The van der Waals surface area contributed by atoms with Crippen LogP contribution < -0.4 is 5.32 Å². The number of fused-ring (bicyclic) bond motifs is 1. The Balaban J connectivity index is 1.42. The Bertz CT molecular complexity index is 734. The minimum Gasteiger partial charge on any atom is -0.348 e. The van der Waals surface area contributed by atoms with E-state index in [1.54, 1.807) is 6.33 Å². The van der Waals surface area contributed by atoms with Crippen LogP contribution in [0.3, 0.4) is 0 Å². The molecule has 2 aliphatic heterocycles. The molecule has 24 heavy (non-hydrogen) atoms. The molecule has 7 nitrogen and oxygen atoms in total. The van der Waals surface area contributed by atoms with Gasteiger partial charge in [0.25, 0.3) is 0 Å². The normalized spacial score (nSPS) is 21.5. The van der Waals surface area contributed by atoms with Crippen molar-refractivity contribution in [1.29, 1.82) is 0 Å². The molecule has 2 aromatic rings. The lowest BCUT2D eigenvalue weighted by atomic mass is 9.92. The number of aryl methyl sites for hydroxylation is 1. The lowest BCUT2D eigenvalue weighted by molar-refractivity contribution is -0.135. The van der Waals surface area contributed by atoms with Crippen LogP contribution in [0.15, 0.2) is 18.6 Å². The van der Waals surface area contributed by atoms with E-state index in [4.69, 9.17) is 0 Å². The Morgan fingerprint density at radius 3 is 2.92 bits per heavy atom. The van der Waals surface area contributed by atoms with Gasteiger partial charge in [-0.25, -0.2) is 15.0 Å². The monoisotopic (exact) mass is 326 g/mol. The predicted molar refractivity (Wildman–Crippen MR) is 88.4 cm³/mol. The van der Waals surface area contributed by atoms with Crippen LogP contribution in [0, 0.1) is 6.92 Å². The molecule has 0 spiro atoms. The molecule has 0 aromatic carbocycles. The van der Waals surface area contributed by atoms with Gasteiger partial charge >= 0.3 is 0 Å². The maximum Gasteiger partial charge on any atom is 0.246 e. The standard InChI is InChI=1S/C17H22N6O/c1-11-18-6-2-13(22-11)12-4-8-23(9-5-12)17(24)16-15-14(3-7-19-16)20-10-21-15/h2,6,10,12,16,19H,3-5,7-9H2,1H3,(H,20,21). The maximum absolute atomic E-state index is 12.9. The fraction of sp³-hybridized carbons (Fsp3) is 0.529. The number of H-pyrrole nitrogens is 1. The number of nitrogens with zero attached hydrogens (tertiary/aromatic N) is 4. The van der Waals surface area contributed by atoms with Crippen molar-refractivity contribution < 1.29 is 4.79 Å². The molecule has 4 heterocycles. The molecule has 1 amide bonds. The summed E-state index contributed by atoms with van der Waals surface area (Å²) in [5.74, 6) is 1.36. The summed E-state index contributed by atoms with van der Waals surface area (Å²) in [6, 6.07) is 1.69. The first-order chi connectivity index (χ1) is 11.7. The maximum atomic E-state index is 12.9. The van der Waals surface area contributed by atoms with E-state index in [9.17, 15) is 4.79 Å². The number of imidazole rings is 1. The van der Waals surface area contributed by atoms with Gasteiger partial charge in [0.1, 0.15) is 11.9 Å². The number of likely N-dealkylation sites (tertiary alicyclic amines) is 1. The lowest BCUT2D eigenvalue weighted by Gasteiger charge is -2.35. The number of piperidine rings is 1. The number of hydrogen-bond acceptors (Lipinski definition) is 5. The molecule has 0 aliphatic carbocycles. The number of nitrogens with one attached hydrogen (secondary N) is 2. The van der Waals surface area contributed by atoms with Gasteiger partial charge in [0.05, 0.1) is 12.0 Å². The minimum absolute atomic E-state index is 0.139. The van der Waals surface area contributed by atoms with E-state index >= 15 is 0 Å². The molecule has 2 aliphatic rings. The van der Waals surface area contributed by atoms with Gasteiger partial charge in [-0.05, 0) is 25.8 Å². The Morgan fingerprint density at radius 2 is 2.12 bits per heavy atom. The Kier molecular flexibility index (Phi) is 4.02. The molecule has 0 radical (unpaired) electrons. The molecule has 0 bridgehead atoms. The number of aromatic amines is 1. The molecule has 1 unspecified atom stereocenters. The van der Waals surface area contributed by atoms with Crippen LogP contribution in [-0.4, -0.2) is 50.4 Å². The average molecular weight is 326 g/mol. The van der Waals surface area contributed by atoms with Crippen LogP contribution in [0.25, 0.3) is 0 Å². The number of rotatable bonds is 2. The summed E-state index contributed by atoms with van der Waals surface area (Å²) < 4.78 is 0. The zero-order chi connectivity index (χ0) is 16.5. The van der Waals surface area contributed by atoms with Crippen molar-refractivity contribution in [2.75, 3.05) is 19.6 Å². The lowest BCUT2D eigenvalue weighted by Crippen LogP contribution is -2.46. The second-order valence-corrected chi connectivity index (χ2v) is 6.53. The van der Waals surface area contributed by atoms with Gasteiger partial charge in [-0.15, -0.1) is 0 Å². The smallest absolute Gasteiger partial charge is 0.246 e. The molecule has 2 aromatic heterocycles. The quantitative estimate of drug-likeness (QED) is 0.863. The fourth-order valence-corrected chi connectivity index (χ4v) is 3.70. The summed E-state index contributed by atoms with van der Waals surface area (Å²) in [6.45, 7) is 4.26. The summed E-state index contributed by atoms with van der Waals surface area (Å²) in [7, 11) is 0. The predicted octanol–water partition coefficient (Wildman–Crippen LogP) is 1.10. The van der Waals surface area contributed by atoms with Gasteiger partial charge in [0.2, 0.25) is 5.91 Å². The average Bonchev–Trinajstić information content (AvgIpc) is 3.10. The van der Waals surface area contributed by atoms with Crippen molar-refractivity contribution in [3.63, 3.8) is 0 Å². The van der Waals surface area contributed by atoms with Crippen molar-refractivity contribution in [2.24, 2.45) is 0 Å². The van der Waals surface area contributed by atoms with E-state index in [0.717, 1.165) is 61.8 Å². The van der Waals surface area contributed by atoms with Crippen LogP contribution in [-0.2, 0) is 11.2 Å². The Morgan fingerprint density at radius 1 is 1.29 bits per heavy atom. The third kappa shape index (κ3) is 2.80. The molecule has 0 saturated carbocycles. The van der Waals surface area contributed by atoms with Crippen LogP contribution in [0.4, 0.5) is 0 Å². The van der Waals surface area contributed by atoms with E-state index in [1.807, 2.05) is 24.1 Å². The van der Waals surface area contributed by atoms with Crippen LogP contribution in [0.2, 0.25) is 0 Å². The van der Waals surface area contributed by atoms with Gasteiger partial charge in [-0.3, -0.25) is 4.79 Å². The van der Waals surface area contributed by atoms with Crippen molar-refractivity contribution in [1.82, 2.24) is 30.2 Å². The topological polar surface area (TPSA) is 86.8 Å². The second kappa shape index (κ2) is 6.32. The first-order valence-corrected chi connectivity index (χ1v) is 8.56. The third-order valence-electron chi connectivity index (χ3n) is 5.02. The van der Waals surface area contributed by atoms with Crippen molar-refractivity contribution >= 4 is 5.91 Å². The zero-order valence-electron chi connectivity index (χ0n) is 13.8. The molecular weight excluding hydrogens is 304 g/mol. The Labute approximate surface area is 140 Å². The summed E-state index contributed by atoms with van der Waals surface area (Å²) >= 11 is 0. The van der Waals surface area contributed by atoms with Gasteiger partial charge in [0.15, 0.2) is 0 Å². The van der Waals surface area contributed by atoms with Gasteiger partial charge in [-0.1, -0.05) is 0 Å². The van der Waals surface area contributed by atoms with E-state index in [2.05, 4.69) is 25.3 Å². The molecular formula is C17H22N6O. The van der Waals surface area contributed by atoms with Crippen molar-refractivity contribution in [3.05, 3.63) is 41.5 Å². The van der Waals surface area contributed by atoms with Gasteiger partial charge in [-0.2, -0.15) is 0 Å². The molecule has 7 heteroatoms. The second-order valence-electron chi connectivity index (χ2n) is 6.53. The van der Waals surface area contributed by atoms with Gasteiger partial charge < -0.3 is 15.2 Å². The minimum atomic E-state index is -0.308. The number of aromatic nitrogens is 4. The highest BCUT2D eigenvalue weighted by molar-refractivity contribution is 5.83. The van der Waals surface area contributed by atoms with E-state index in [0.29, 0.717) is 5.92 Å². The highest BCUT2D eigenvalue weighted by Crippen LogP contribution is 2.29. The number of amides is 1. The molecule has 126 valence electrons. The van der Waals surface area contributed by atoms with Crippen molar-refractivity contribution in [2.45, 2.75) is 38.1 Å². The molecule has 1 fully saturated rings. The molecule has 1 saturated heterocycles. The number of carbonyl (C=O) groups excluding carboxylic acids is 1.